The van der Waals surface area contributed by atoms with Gasteiger partial charge in [-0.3, -0.25) is 10.1 Å². The number of hydrogen-bond donors (Lipinski definition) is 1. The van der Waals surface area contributed by atoms with E-state index in [9.17, 15) is 18.5 Å². The van der Waals surface area contributed by atoms with Crippen LogP contribution in [0.3, 0.4) is 0 Å². The van der Waals surface area contributed by atoms with E-state index in [1.54, 1.807) is 24.3 Å². The molecule has 0 aliphatic carbocycles. The third-order valence-corrected chi connectivity index (χ3v) is 4.65. The molecular formula is C13H11BrN2O4S. The van der Waals surface area contributed by atoms with Gasteiger partial charge in [0, 0.05) is 23.2 Å². The number of nitro benzene ring substituents is 1. The van der Waals surface area contributed by atoms with Crippen molar-refractivity contribution in [3.05, 3.63) is 68.7 Å². The first-order valence-corrected chi connectivity index (χ1v) is 8.15. The third-order valence-electron chi connectivity index (χ3n) is 2.72. The van der Waals surface area contributed by atoms with Crippen molar-refractivity contribution in [1.29, 1.82) is 0 Å². The van der Waals surface area contributed by atoms with Gasteiger partial charge >= 0.3 is 0 Å². The molecule has 0 saturated heterocycles. The molecule has 0 unspecified atom stereocenters. The molecular weight excluding hydrogens is 360 g/mol. The molecule has 6 nitrogen and oxygen atoms in total. The molecule has 0 atom stereocenters. The highest BCUT2D eigenvalue weighted by atomic mass is 79.9. The fourth-order valence-corrected chi connectivity index (χ4v) is 2.95. The Balaban J connectivity index is 2.16. The molecule has 0 aliphatic rings. The number of rotatable bonds is 5. The fraction of sp³-hybridized carbons (Fsp3) is 0.0769. The Bertz CT molecular complexity index is 760. The van der Waals surface area contributed by atoms with Crippen LogP contribution in [0, 0.1) is 10.1 Å². The average molecular weight is 371 g/mol. The van der Waals surface area contributed by atoms with Crippen LogP contribution < -0.4 is 4.72 Å². The summed E-state index contributed by atoms with van der Waals surface area (Å²) < 4.78 is 27.5. The molecule has 0 amide bonds. The highest BCUT2D eigenvalue weighted by molar-refractivity contribution is 9.10. The van der Waals surface area contributed by atoms with Gasteiger partial charge in [0.25, 0.3) is 5.69 Å². The number of benzene rings is 2. The lowest BCUT2D eigenvalue weighted by Gasteiger charge is -2.07. The zero-order valence-electron chi connectivity index (χ0n) is 10.7. The van der Waals surface area contributed by atoms with Gasteiger partial charge in [0.05, 0.1) is 9.82 Å². The van der Waals surface area contributed by atoms with Crippen LogP contribution in [0.5, 0.6) is 0 Å². The van der Waals surface area contributed by atoms with Crippen LogP contribution in [-0.4, -0.2) is 13.3 Å². The highest BCUT2D eigenvalue weighted by Gasteiger charge is 2.17. The second-order valence-corrected chi connectivity index (χ2v) is 6.89. The number of hydrogen-bond acceptors (Lipinski definition) is 4. The van der Waals surface area contributed by atoms with E-state index < -0.39 is 14.9 Å². The first kappa shape index (κ1) is 15.6. The number of halogens is 1. The molecule has 0 aliphatic heterocycles. The molecule has 0 radical (unpaired) electrons. The minimum Gasteiger partial charge on any atom is -0.258 e. The number of sulfonamides is 1. The summed E-state index contributed by atoms with van der Waals surface area (Å²) in [7, 11) is -3.79. The van der Waals surface area contributed by atoms with Crippen molar-refractivity contribution in [3.63, 3.8) is 0 Å². The van der Waals surface area contributed by atoms with Crippen LogP contribution in [0.2, 0.25) is 0 Å². The zero-order valence-corrected chi connectivity index (χ0v) is 13.1. The first-order chi connectivity index (χ1) is 9.88. The lowest BCUT2D eigenvalue weighted by atomic mass is 10.2. The maximum Gasteiger partial charge on any atom is 0.270 e. The molecule has 0 aromatic heterocycles. The van der Waals surface area contributed by atoms with Gasteiger partial charge < -0.3 is 0 Å². The average Bonchev–Trinajstić information content (AvgIpc) is 2.47. The lowest BCUT2D eigenvalue weighted by molar-refractivity contribution is -0.385. The molecule has 0 saturated carbocycles. The second-order valence-electron chi connectivity index (χ2n) is 4.21. The molecule has 0 bridgehead atoms. The van der Waals surface area contributed by atoms with Crippen LogP contribution in [0.4, 0.5) is 5.69 Å². The summed E-state index contributed by atoms with van der Waals surface area (Å²) in [6.45, 7) is 0.109. The van der Waals surface area contributed by atoms with E-state index in [1.165, 1.54) is 18.2 Å². The number of nitrogens with zero attached hydrogens (tertiary/aromatic N) is 1. The molecule has 2 rings (SSSR count). The van der Waals surface area contributed by atoms with Gasteiger partial charge in [0.15, 0.2) is 0 Å². The second kappa shape index (κ2) is 6.33. The van der Waals surface area contributed by atoms with E-state index in [1.807, 2.05) is 0 Å². The fourth-order valence-electron chi connectivity index (χ4n) is 1.63. The van der Waals surface area contributed by atoms with Crippen LogP contribution in [0.25, 0.3) is 0 Å². The summed E-state index contributed by atoms with van der Waals surface area (Å²) in [6, 6.07) is 12.1. The Kier molecular flexibility index (Phi) is 4.71. The number of non-ortho nitro benzene ring substituents is 1. The van der Waals surface area contributed by atoms with Gasteiger partial charge in [0.1, 0.15) is 0 Å². The van der Waals surface area contributed by atoms with Crippen molar-refractivity contribution < 1.29 is 13.3 Å². The molecule has 8 heteroatoms. The highest BCUT2D eigenvalue weighted by Crippen LogP contribution is 2.17. The largest absolute Gasteiger partial charge is 0.270 e. The molecule has 2 aromatic rings. The van der Waals surface area contributed by atoms with Crippen molar-refractivity contribution in [2.24, 2.45) is 0 Å². The van der Waals surface area contributed by atoms with Gasteiger partial charge in [-0.25, -0.2) is 13.1 Å². The SMILES string of the molecule is O=[N+]([O-])c1cccc(S(=O)(=O)NCc2ccc(Br)cc2)c1. The maximum absolute atomic E-state index is 12.1. The Morgan fingerprint density at radius 2 is 1.81 bits per heavy atom. The first-order valence-electron chi connectivity index (χ1n) is 5.87. The molecule has 110 valence electrons. The Labute approximate surface area is 130 Å². The maximum atomic E-state index is 12.1. The molecule has 0 fully saturated rings. The van der Waals surface area contributed by atoms with Gasteiger partial charge in [-0.15, -0.1) is 0 Å². The van der Waals surface area contributed by atoms with E-state index in [2.05, 4.69) is 20.7 Å². The van der Waals surface area contributed by atoms with E-state index in [-0.39, 0.29) is 17.1 Å². The van der Waals surface area contributed by atoms with E-state index in [4.69, 9.17) is 0 Å². The van der Waals surface area contributed by atoms with Gasteiger partial charge in [0.2, 0.25) is 10.0 Å². The monoisotopic (exact) mass is 370 g/mol. The van der Waals surface area contributed by atoms with Gasteiger partial charge in [-0.05, 0) is 23.8 Å². The van der Waals surface area contributed by atoms with E-state index >= 15 is 0 Å². The minimum absolute atomic E-state index is 0.109. The predicted molar refractivity (Wildman–Crippen MR) is 81.3 cm³/mol. The Morgan fingerprint density at radius 1 is 1.14 bits per heavy atom. The van der Waals surface area contributed by atoms with Gasteiger partial charge in [-0.2, -0.15) is 0 Å². The van der Waals surface area contributed by atoms with Crippen molar-refractivity contribution >= 4 is 31.6 Å². The standard InChI is InChI=1S/C13H11BrN2O4S/c14-11-6-4-10(5-7-11)9-15-21(19,20)13-3-1-2-12(8-13)16(17)18/h1-8,15H,9H2. The number of nitro groups is 1. The van der Waals surface area contributed by atoms with Crippen molar-refractivity contribution in [3.8, 4) is 0 Å². The van der Waals surface area contributed by atoms with Crippen LogP contribution in [0.1, 0.15) is 5.56 Å². The van der Waals surface area contributed by atoms with Crippen LogP contribution in [0.15, 0.2) is 57.9 Å². The summed E-state index contributed by atoms with van der Waals surface area (Å²) >= 11 is 3.29. The Hall–Kier alpha value is -1.77. The van der Waals surface area contributed by atoms with Crippen molar-refractivity contribution in [2.75, 3.05) is 0 Å². The Morgan fingerprint density at radius 3 is 2.43 bits per heavy atom. The van der Waals surface area contributed by atoms with Crippen molar-refractivity contribution in [2.45, 2.75) is 11.4 Å². The minimum atomic E-state index is -3.79. The van der Waals surface area contributed by atoms with E-state index in [0.717, 1.165) is 16.1 Å². The van der Waals surface area contributed by atoms with Gasteiger partial charge in [-0.1, -0.05) is 34.1 Å². The zero-order chi connectivity index (χ0) is 15.5. The summed E-state index contributed by atoms with van der Waals surface area (Å²) in [5, 5.41) is 10.7. The smallest absolute Gasteiger partial charge is 0.258 e. The summed E-state index contributed by atoms with van der Waals surface area (Å²) in [5.41, 5.74) is 0.522. The molecule has 1 N–H and O–H groups in total. The normalized spacial score (nSPS) is 11.3. The quantitative estimate of drug-likeness (QED) is 0.647. The van der Waals surface area contributed by atoms with Crippen LogP contribution >= 0.6 is 15.9 Å². The van der Waals surface area contributed by atoms with E-state index in [0.29, 0.717) is 0 Å². The molecule has 0 spiro atoms. The third kappa shape index (κ3) is 4.10. The number of nitrogens with one attached hydrogen (secondary N) is 1. The summed E-state index contributed by atoms with van der Waals surface area (Å²) in [5.74, 6) is 0. The molecule has 2 aromatic carbocycles. The van der Waals surface area contributed by atoms with Crippen LogP contribution in [-0.2, 0) is 16.6 Å². The molecule has 21 heavy (non-hydrogen) atoms. The summed E-state index contributed by atoms with van der Waals surface area (Å²) in [6.07, 6.45) is 0. The molecule has 0 heterocycles. The lowest BCUT2D eigenvalue weighted by Crippen LogP contribution is -2.23. The summed E-state index contributed by atoms with van der Waals surface area (Å²) in [4.78, 5) is 9.92. The topological polar surface area (TPSA) is 89.3 Å². The predicted octanol–water partition coefficient (Wildman–Crippen LogP) is 2.84. The van der Waals surface area contributed by atoms with Crippen molar-refractivity contribution in [1.82, 2.24) is 4.72 Å².